The molecule has 0 aliphatic carbocycles. The Morgan fingerprint density at radius 1 is 1.50 bits per heavy atom. The Balaban J connectivity index is 2.02. The zero-order valence-electron chi connectivity index (χ0n) is 12.5. The van der Waals surface area contributed by atoms with Crippen LogP contribution in [0.2, 0.25) is 0 Å². The molecule has 0 aromatic carbocycles. The fraction of sp³-hybridized carbons (Fsp3) is 0.929. The maximum absolute atomic E-state index is 12.2. The number of halogens is 1. The topological polar surface area (TPSA) is 48.0 Å². The monoisotopic (exact) mass is 397 g/mol. The van der Waals surface area contributed by atoms with Crippen LogP contribution in [0.1, 0.15) is 33.6 Å². The summed E-state index contributed by atoms with van der Waals surface area (Å²) < 4.78 is 18.2. The van der Waals surface area contributed by atoms with E-state index in [-0.39, 0.29) is 17.8 Å². The molecular formula is C14H24INO4. The third kappa shape index (κ3) is 4.21. The minimum Gasteiger partial charge on any atom is -0.444 e. The number of rotatable bonds is 1. The summed E-state index contributed by atoms with van der Waals surface area (Å²) >= 11 is 2.34. The predicted octanol–water partition coefficient (Wildman–Crippen LogP) is 2.61. The molecule has 2 aliphatic rings. The van der Waals surface area contributed by atoms with Crippen LogP contribution in [0, 0.1) is 0 Å². The molecule has 0 radical (unpaired) electrons. The van der Waals surface area contributed by atoms with Gasteiger partial charge in [0.15, 0.2) is 0 Å². The first-order chi connectivity index (χ1) is 9.34. The lowest BCUT2D eigenvalue weighted by atomic mass is 10.0. The van der Waals surface area contributed by atoms with Crippen LogP contribution in [0.25, 0.3) is 0 Å². The van der Waals surface area contributed by atoms with Crippen molar-refractivity contribution in [3.8, 4) is 0 Å². The lowest BCUT2D eigenvalue weighted by Crippen LogP contribution is -2.48. The first-order valence-electron chi connectivity index (χ1n) is 7.13. The van der Waals surface area contributed by atoms with E-state index in [4.69, 9.17) is 14.2 Å². The van der Waals surface area contributed by atoms with E-state index in [1.54, 1.807) is 4.90 Å². The van der Waals surface area contributed by atoms with Gasteiger partial charge in [0.2, 0.25) is 0 Å². The van der Waals surface area contributed by atoms with Crippen molar-refractivity contribution in [1.29, 1.82) is 0 Å². The molecular weight excluding hydrogens is 373 g/mol. The van der Waals surface area contributed by atoms with E-state index in [1.807, 2.05) is 20.8 Å². The third-order valence-electron chi connectivity index (χ3n) is 3.51. The fourth-order valence-corrected chi connectivity index (χ4v) is 3.23. The van der Waals surface area contributed by atoms with E-state index in [0.29, 0.717) is 26.3 Å². The molecule has 1 amide bonds. The van der Waals surface area contributed by atoms with Crippen molar-refractivity contribution in [2.75, 3.05) is 30.7 Å². The first-order valence-corrected chi connectivity index (χ1v) is 8.66. The molecule has 0 bridgehead atoms. The van der Waals surface area contributed by atoms with Gasteiger partial charge in [0.05, 0.1) is 25.9 Å². The zero-order valence-corrected chi connectivity index (χ0v) is 14.6. The smallest absolute Gasteiger partial charge is 0.410 e. The van der Waals surface area contributed by atoms with Crippen molar-refractivity contribution in [1.82, 2.24) is 4.90 Å². The molecule has 5 nitrogen and oxygen atoms in total. The molecule has 20 heavy (non-hydrogen) atoms. The van der Waals surface area contributed by atoms with E-state index in [0.717, 1.165) is 17.3 Å². The largest absolute Gasteiger partial charge is 0.444 e. The van der Waals surface area contributed by atoms with Gasteiger partial charge in [-0.15, -0.1) is 0 Å². The quantitative estimate of drug-likeness (QED) is 0.504. The Bertz CT molecular complexity index is 358. The molecule has 1 spiro atoms. The highest BCUT2D eigenvalue weighted by Gasteiger charge is 2.44. The van der Waals surface area contributed by atoms with Crippen molar-refractivity contribution in [2.24, 2.45) is 0 Å². The van der Waals surface area contributed by atoms with Crippen LogP contribution in [0.3, 0.4) is 0 Å². The van der Waals surface area contributed by atoms with E-state index < -0.39 is 5.60 Å². The van der Waals surface area contributed by atoms with Crippen LogP contribution in [0.15, 0.2) is 0 Å². The molecule has 2 saturated heterocycles. The third-order valence-corrected chi connectivity index (χ3v) is 4.49. The second-order valence-corrected chi connectivity index (χ2v) is 7.45. The van der Waals surface area contributed by atoms with E-state index in [1.165, 1.54) is 0 Å². The van der Waals surface area contributed by atoms with Crippen LogP contribution in [0.5, 0.6) is 0 Å². The number of hydrogen-bond acceptors (Lipinski definition) is 4. The molecule has 0 aromatic heterocycles. The van der Waals surface area contributed by atoms with Gasteiger partial charge in [-0.25, -0.2) is 4.79 Å². The molecule has 2 rings (SSSR count). The maximum atomic E-state index is 12.2. The van der Waals surface area contributed by atoms with Crippen molar-refractivity contribution >= 4 is 28.7 Å². The average Bonchev–Trinajstić information content (AvgIpc) is 2.61. The van der Waals surface area contributed by atoms with E-state index >= 15 is 0 Å². The number of carbonyl (C=O) groups excluding carboxylic acids is 1. The highest BCUT2D eigenvalue weighted by molar-refractivity contribution is 14.1. The molecule has 2 heterocycles. The Morgan fingerprint density at radius 2 is 2.25 bits per heavy atom. The molecule has 0 N–H and O–H groups in total. The van der Waals surface area contributed by atoms with Gasteiger partial charge >= 0.3 is 6.09 Å². The van der Waals surface area contributed by atoms with Crippen LogP contribution < -0.4 is 0 Å². The molecule has 2 fully saturated rings. The first kappa shape index (κ1) is 16.3. The number of nitrogens with zero attached hydrogens (tertiary/aromatic N) is 1. The predicted molar refractivity (Wildman–Crippen MR) is 84.4 cm³/mol. The second-order valence-electron chi connectivity index (χ2n) is 6.57. The van der Waals surface area contributed by atoms with E-state index in [9.17, 15) is 4.79 Å². The Kier molecular flexibility index (Phi) is 5.18. The van der Waals surface area contributed by atoms with Gasteiger partial charge in [0.1, 0.15) is 11.2 Å². The standard InChI is InChI=1S/C14H24INO4/c1-13(2,3)20-12(17)16-6-7-18-10-14(9-16)5-4-11(8-15)19-14/h11H,4-10H2,1-3H3/t11-,14-/m0/s1. The van der Waals surface area contributed by atoms with Gasteiger partial charge in [0, 0.05) is 11.0 Å². The van der Waals surface area contributed by atoms with E-state index in [2.05, 4.69) is 22.6 Å². The SMILES string of the molecule is CC(C)(C)OC(=O)N1CCOC[C@]2(CC[C@@H](CI)O2)C1. The second kappa shape index (κ2) is 6.36. The maximum Gasteiger partial charge on any atom is 0.410 e. The Hall–Kier alpha value is -0.0800. The minimum absolute atomic E-state index is 0.274. The van der Waals surface area contributed by atoms with Gasteiger partial charge in [0.25, 0.3) is 0 Å². The molecule has 116 valence electrons. The van der Waals surface area contributed by atoms with Crippen LogP contribution in [-0.4, -0.2) is 59.0 Å². The molecule has 0 unspecified atom stereocenters. The number of hydrogen-bond donors (Lipinski definition) is 0. The van der Waals surface area contributed by atoms with Crippen molar-refractivity contribution < 1.29 is 19.0 Å². The Morgan fingerprint density at radius 3 is 2.85 bits per heavy atom. The molecule has 2 atom stereocenters. The highest BCUT2D eigenvalue weighted by Crippen LogP contribution is 2.34. The van der Waals surface area contributed by atoms with Crippen LogP contribution in [-0.2, 0) is 14.2 Å². The number of alkyl halides is 1. The summed E-state index contributed by atoms with van der Waals surface area (Å²) in [5.74, 6) is 0. The lowest BCUT2D eigenvalue weighted by molar-refractivity contribution is -0.0796. The summed E-state index contributed by atoms with van der Waals surface area (Å²) in [6.45, 7) is 7.89. The summed E-state index contributed by atoms with van der Waals surface area (Å²) in [7, 11) is 0. The lowest BCUT2D eigenvalue weighted by Gasteiger charge is -2.32. The number of amides is 1. The molecule has 6 heteroatoms. The zero-order chi connectivity index (χ0) is 14.8. The summed E-state index contributed by atoms with van der Waals surface area (Å²) in [6.07, 6.45) is 1.98. The van der Waals surface area contributed by atoms with Gasteiger partial charge < -0.3 is 19.1 Å². The highest BCUT2D eigenvalue weighted by atomic mass is 127. The van der Waals surface area contributed by atoms with Gasteiger partial charge in [-0.05, 0) is 33.6 Å². The summed E-state index contributed by atoms with van der Waals surface area (Å²) in [5, 5.41) is 0. The van der Waals surface area contributed by atoms with Crippen LogP contribution in [0.4, 0.5) is 4.79 Å². The minimum atomic E-state index is -0.474. The van der Waals surface area contributed by atoms with Gasteiger partial charge in [-0.3, -0.25) is 0 Å². The van der Waals surface area contributed by atoms with Crippen molar-refractivity contribution in [3.05, 3.63) is 0 Å². The normalized spacial score (nSPS) is 31.4. The van der Waals surface area contributed by atoms with Gasteiger partial charge in [-0.2, -0.15) is 0 Å². The average molecular weight is 397 g/mol. The number of carbonyl (C=O) groups is 1. The number of ether oxygens (including phenoxy) is 3. The van der Waals surface area contributed by atoms with Crippen LogP contribution >= 0.6 is 22.6 Å². The molecule has 0 aromatic rings. The molecule has 0 saturated carbocycles. The summed E-state index contributed by atoms with van der Waals surface area (Å²) in [4.78, 5) is 14.0. The summed E-state index contributed by atoms with van der Waals surface area (Å²) in [5.41, 5.74) is -0.818. The van der Waals surface area contributed by atoms with Gasteiger partial charge in [-0.1, -0.05) is 22.6 Å². The Labute approximate surface area is 134 Å². The van der Waals surface area contributed by atoms with Crippen molar-refractivity contribution in [2.45, 2.75) is 50.9 Å². The molecule has 2 aliphatic heterocycles. The van der Waals surface area contributed by atoms with Crippen molar-refractivity contribution in [3.63, 3.8) is 0 Å². The summed E-state index contributed by atoms with van der Waals surface area (Å²) in [6, 6.07) is 0. The fourth-order valence-electron chi connectivity index (χ4n) is 2.61.